The number of rotatable bonds is 3. The van der Waals surface area contributed by atoms with Gasteiger partial charge >= 0.3 is 0 Å². The van der Waals surface area contributed by atoms with Crippen LogP contribution >= 0.6 is 0 Å². The van der Waals surface area contributed by atoms with Crippen LogP contribution in [-0.4, -0.2) is 31.7 Å². The minimum Gasteiger partial charge on any atom is -0.396 e. The van der Waals surface area contributed by atoms with E-state index in [4.69, 9.17) is 10.5 Å². The Morgan fingerprint density at radius 3 is 2.89 bits per heavy atom. The summed E-state index contributed by atoms with van der Waals surface area (Å²) in [5, 5.41) is -0.112. The Hall–Kier alpha value is -1.18. The number of anilines is 1. The highest BCUT2D eigenvalue weighted by molar-refractivity contribution is 7.89. The monoisotopic (exact) mass is 285 g/mol. The van der Waals surface area contributed by atoms with Gasteiger partial charge in [0, 0.05) is 18.8 Å². The summed E-state index contributed by atoms with van der Waals surface area (Å²) in [5.74, 6) is 0. The molecule has 0 amide bonds. The van der Waals surface area contributed by atoms with E-state index in [1.165, 1.54) is 12.3 Å². The molecule has 0 bridgehead atoms. The molecule has 1 aromatic rings. The number of hydrogen-bond acceptors (Lipinski definition) is 5. The fourth-order valence-corrected chi connectivity index (χ4v) is 3.57. The van der Waals surface area contributed by atoms with Crippen molar-refractivity contribution in [3.63, 3.8) is 0 Å². The van der Waals surface area contributed by atoms with Crippen LogP contribution in [0.1, 0.15) is 26.7 Å². The van der Waals surface area contributed by atoms with Crippen molar-refractivity contribution in [3.05, 3.63) is 18.3 Å². The number of nitrogens with one attached hydrogen (secondary N) is 1. The topological polar surface area (TPSA) is 94.3 Å². The maximum Gasteiger partial charge on any atom is 0.260 e. The molecule has 1 aliphatic heterocycles. The third-order valence-corrected chi connectivity index (χ3v) is 4.57. The van der Waals surface area contributed by atoms with E-state index < -0.39 is 10.0 Å². The van der Waals surface area contributed by atoms with Crippen molar-refractivity contribution in [2.75, 3.05) is 12.3 Å². The van der Waals surface area contributed by atoms with Crippen LogP contribution in [0.5, 0.6) is 0 Å². The second kappa shape index (κ2) is 5.07. The summed E-state index contributed by atoms with van der Waals surface area (Å²) in [5.41, 5.74) is 5.49. The lowest BCUT2D eigenvalue weighted by Crippen LogP contribution is -2.45. The third-order valence-electron chi connectivity index (χ3n) is 3.07. The summed E-state index contributed by atoms with van der Waals surface area (Å²) in [6, 6.07) is 2.97. The zero-order chi connectivity index (χ0) is 14.1. The molecule has 1 atom stereocenters. The van der Waals surface area contributed by atoms with Gasteiger partial charge in [-0.15, -0.1) is 0 Å². The zero-order valence-electron chi connectivity index (χ0n) is 11.1. The molecule has 0 saturated carbocycles. The number of nitrogen functional groups attached to an aromatic ring is 1. The van der Waals surface area contributed by atoms with Gasteiger partial charge < -0.3 is 10.5 Å². The van der Waals surface area contributed by atoms with Gasteiger partial charge in [-0.1, -0.05) is 0 Å². The molecule has 1 saturated heterocycles. The van der Waals surface area contributed by atoms with Crippen LogP contribution < -0.4 is 10.5 Å². The van der Waals surface area contributed by atoms with E-state index in [0.29, 0.717) is 19.4 Å². The molecule has 0 aliphatic carbocycles. The molecule has 2 heterocycles. The third kappa shape index (κ3) is 3.43. The Balaban J connectivity index is 2.16. The predicted octanol–water partition coefficient (Wildman–Crippen LogP) is 0.900. The first-order valence-corrected chi connectivity index (χ1v) is 7.65. The first-order chi connectivity index (χ1) is 8.80. The molecule has 6 nitrogen and oxygen atoms in total. The average molecular weight is 285 g/mol. The summed E-state index contributed by atoms with van der Waals surface area (Å²) < 4.78 is 32.7. The van der Waals surface area contributed by atoms with Gasteiger partial charge in [0.05, 0.1) is 11.3 Å². The number of sulfonamides is 1. The van der Waals surface area contributed by atoms with Crippen molar-refractivity contribution >= 4 is 15.7 Å². The Labute approximate surface area is 113 Å². The number of pyridine rings is 1. The van der Waals surface area contributed by atoms with E-state index in [0.717, 1.165) is 0 Å². The standard InChI is InChI=1S/C12H19N3O3S/c1-12(2)8-9(5-7-18-12)15-19(16,17)11-10(13)4-3-6-14-11/h3-4,6,9,15H,5,7-8,13H2,1-2H3. The van der Waals surface area contributed by atoms with Gasteiger partial charge in [0.15, 0.2) is 5.03 Å². The highest BCUT2D eigenvalue weighted by Gasteiger charge is 2.32. The number of hydrogen-bond donors (Lipinski definition) is 2. The fraction of sp³-hybridized carbons (Fsp3) is 0.583. The van der Waals surface area contributed by atoms with Crippen LogP contribution in [0, 0.1) is 0 Å². The normalized spacial score (nSPS) is 23.2. The van der Waals surface area contributed by atoms with E-state index in [2.05, 4.69) is 9.71 Å². The maximum atomic E-state index is 12.2. The van der Waals surface area contributed by atoms with E-state index in [1.807, 2.05) is 13.8 Å². The largest absolute Gasteiger partial charge is 0.396 e. The van der Waals surface area contributed by atoms with E-state index in [-0.39, 0.29) is 22.4 Å². The van der Waals surface area contributed by atoms with Crippen molar-refractivity contribution in [2.45, 2.75) is 43.4 Å². The lowest BCUT2D eigenvalue weighted by atomic mass is 9.95. The van der Waals surface area contributed by atoms with Gasteiger partial charge in [-0.3, -0.25) is 0 Å². The number of nitrogens with two attached hydrogens (primary N) is 1. The quantitative estimate of drug-likeness (QED) is 0.860. The Kier molecular flexibility index (Phi) is 3.80. The van der Waals surface area contributed by atoms with Gasteiger partial charge in [0.25, 0.3) is 10.0 Å². The molecule has 19 heavy (non-hydrogen) atoms. The van der Waals surface area contributed by atoms with Gasteiger partial charge in [-0.25, -0.2) is 18.1 Å². The van der Waals surface area contributed by atoms with Crippen molar-refractivity contribution < 1.29 is 13.2 Å². The number of aromatic nitrogens is 1. The molecule has 1 aliphatic rings. The maximum absolute atomic E-state index is 12.2. The smallest absolute Gasteiger partial charge is 0.260 e. The lowest BCUT2D eigenvalue weighted by molar-refractivity contribution is -0.0599. The van der Waals surface area contributed by atoms with Gasteiger partial charge in [-0.05, 0) is 38.8 Å². The summed E-state index contributed by atoms with van der Waals surface area (Å²) in [7, 11) is -3.68. The zero-order valence-corrected chi connectivity index (χ0v) is 11.9. The molecule has 0 radical (unpaired) electrons. The van der Waals surface area contributed by atoms with Crippen molar-refractivity contribution in [2.24, 2.45) is 0 Å². The fourth-order valence-electron chi connectivity index (χ4n) is 2.24. The first kappa shape index (κ1) is 14.2. The van der Waals surface area contributed by atoms with Crippen molar-refractivity contribution in [3.8, 4) is 0 Å². The first-order valence-electron chi connectivity index (χ1n) is 6.17. The predicted molar refractivity (Wildman–Crippen MR) is 72.0 cm³/mol. The molecule has 7 heteroatoms. The highest BCUT2D eigenvalue weighted by atomic mass is 32.2. The lowest BCUT2D eigenvalue weighted by Gasteiger charge is -2.35. The summed E-state index contributed by atoms with van der Waals surface area (Å²) in [4.78, 5) is 3.85. The summed E-state index contributed by atoms with van der Waals surface area (Å²) in [6.07, 6.45) is 2.69. The molecule has 106 valence electrons. The highest BCUT2D eigenvalue weighted by Crippen LogP contribution is 2.25. The van der Waals surface area contributed by atoms with E-state index in [1.54, 1.807) is 6.07 Å². The molecule has 3 N–H and O–H groups in total. The minimum atomic E-state index is -3.68. The van der Waals surface area contributed by atoms with E-state index in [9.17, 15) is 8.42 Å². The van der Waals surface area contributed by atoms with E-state index >= 15 is 0 Å². The average Bonchev–Trinajstić information content (AvgIpc) is 2.27. The summed E-state index contributed by atoms with van der Waals surface area (Å²) in [6.45, 7) is 4.43. The van der Waals surface area contributed by atoms with Crippen LogP contribution in [-0.2, 0) is 14.8 Å². The number of ether oxygens (including phenoxy) is 1. The van der Waals surface area contributed by atoms with Crippen LogP contribution in [0.25, 0.3) is 0 Å². The Bertz CT molecular complexity index is 557. The van der Waals surface area contributed by atoms with Gasteiger partial charge in [0.1, 0.15) is 0 Å². The summed E-state index contributed by atoms with van der Waals surface area (Å²) >= 11 is 0. The molecule has 0 aromatic carbocycles. The van der Waals surface area contributed by atoms with Crippen molar-refractivity contribution in [1.82, 2.24) is 9.71 Å². The molecule has 0 spiro atoms. The number of nitrogens with zero attached hydrogens (tertiary/aromatic N) is 1. The van der Waals surface area contributed by atoms with Gasteiger partial charge in [-0.2, -0.15) is 0 Å². The Morgan fingerprint density at radius 2 is 2.26 bits per heavy atom. The second-order valence-corrected chi connectivity index (χ2v) is 6.95. The molecular formula is C12H19N3O3S. The van der Waals surface area contributed by atoms with Crippen molar-refractivity contribution in [1.29, 1.82) is 0 Å². The second-order valence-electron chi connectivity index (χ2n) is 5.32. The minimum absolute atomic E-state index is 0.112. The molecule has 1 fully saturated rings. The SMILES string of the molecule is CC1(C)CC(NS(=O)(=O)c2ncccc2N)CCO1. The Morgan fingerprint density at radius 1 is 1.53 bits per heavy atom. The van der Waals surface area contributed by atoms with Crippen LogP contribution in [0.4, 0.5) is 5.69 Å². The van der Waals surface area contributed by atoms with Crippen LogP contribution in [0.15, 0.2) is 23.4 Å². The molecule has 1 unspecified atom stereocenters. The van der Waals surface area contributed by atoms with Crippen LogP contribution in [0.3, 0.4) is 0 Å². The molecular weight excluding hydrogens is 266 g/mol. The molecule has 1 aromatic heterocycles. The molecule has 2 rings (SSSR count). The van der Waals surface area contributed by atoms with Gasteiger partial charge in [0.2, 0.25) is 0 Å². The van der Waals surface area contributed by atoms with Crippen LogP contribution in [0.2, 0.25) is 0 Å².